The molecule has 26 heavy (non-hydrogen) atoms. The summed E-state index contributed by atoms with van der Waals surface area (Å²) in [5.74, 6) is 0.310. The molecule has 0 unspecified atom stereocenters. The number of H-pyrrole nitrogens is 1. The van der Waals surface area contributed by atoms with Crippen molar-refractivity contribution in [3.05, 3.63) is 81.2 Å². The molecule has 1 N–H and O–H groups in total. The molecule has 0 amide bonds. The maximum atomic E-state index is 12.5. The molecule has 0 saturated carbocycles. The molecule has 2 aromatic carbocycles. The lowest BCUT2D eigenvalue weighted by Gasteiger charge is -2.04. The van der Waals surface area contributed by atoms with E-state index in [1.807, 2.05) is 18.2 Å². The van der Waals surface area contributed by atoms with Crippen molar-refractivity contribution in [2.75, 3.05) is 0 Å². The highest BCUT2D eigenvalue weighted by molar-refractivity contribution is 5.86. The van der Waals surface area contributed by atoms with Crippen LogP contribution in [-0.4, -0.2) is 14.9 Å². The molecule has 0 radical (unpaired) electrons. The molecular formula is C19H13N3O4. The number of rotatable bonds is 4. The summed E-state index contributed by atoms with van der Waals surface area (Å²) >= 11 is 0. The highest BCUT2D eigenvalue weighted by Crippen LogP contribution is 2.25. The Morgan fingerprint density at radius 3 is 2.88 bits per heavy atom. The number of nitrogens with one attached hydrogen (secondary N) is 1. The maximum absolute atomic E-state index is 12.5. The Bertz CT molecular complexity index is 1240. The molecule has 0 aliphatic heterocycles. The van der Waals surface area contributed by atoms with E-state index in [0.717, 1.165) is 10.9 Å². The molecule has 0 saturated heterocycles. The molecule has 7 nitrogen and oxygen atoms in total. The van der Waals surface area contributed by atoms with Crippen LogP contribution in [0.5, 0.6) is 0 Å². The number of imidazole rings is 1. The predicted octanol–water partition coefficient (Wildman–Crippen LogP) is 3.97. The van der Waals surface area contributed by atoms with Gasteiger partial charge in [0.1, 0.15) is 17.0 Å². The lowest BCUT2D eigenvalue weighted by Crippen LogP contribution is -2.04. The Morgan fingerprint density at radius 2 is 2.12 bits per heavy atom. The van der Waals surface area contributed by atoms with Crippen LogP contribution in [0.3, 0.4) is 0 Å². The molecule has 128 valence electrons. The second-order valence-corrected chi connectivity index (χ2v) is 5.82. The molecule has 0 bridgehead atoms. The van der Waals surface area contributed by atoms with E-state index in [0.29, 0.717) is 28.9 Å². The summed E-state index contributed by atoms with van der Waals surface area (Å²) in [6.07, 6.45) is 2.34. The number of aromatic nitrogens is 2. The molecule has 2 aromatic heterocycles. The highest BCUT2D eigenvalue weighted by atomic mass is 16.6. The zero-order valence-corrected chi connectivity index (χ0v) is 13.6. The van der Waals surface area contributed by atoms with Gasteiger partial charge >= 0.3 is 5.63 Å². The molecule has 0 spiro atoms. The van der Waals surface area contributed by atoms with Crippen LogP contribution < -0.4 is 5.63 Å². The van der Waals surface area contributed by atoms with Crippen LogP contribution in [0, 0.1) is 10.1 Å². The first kappa shape index (κ1) is 15.8. The molecular weight excluding hydrogens is 334 g/mol. The van der Waals surface area contributed by atoms with Crippen molar-refractivity contribution >= 4 is 27.7 Å². The topological polar surface area (TPSA) is 102 Å². The van der Waals surface area contributed by atoms with Gasteiger partial charge in [0.2, 0.25) is 0 Å². The Balaban J connectivity index is 1.90. The monoisotopic (exact) mass is 347 g/mol. The first-order valence-electron chi connectivity index (χ1n) is 7.88. The summed E-state index contributed by atoms with van der Waals surface area (Å²) in [4.78, 5) is 30.2. The average molecular weight is 347 g/mol. The predicted molar refractivity (Wildman–Crippen MR) is 98.1 cm³/mol. The fourth-order valence-corrected chi connectivity index (χ4v) is 2.92. The fourth-order valence-electron chi connectivity index (χ4n) is 2.92. The fraction of sp³-hybridized carbons (Fsp3) is 0.0526. The number of benzene rings is 2. The van der Waals surface area contributed by atoms with Crippen molar-refractivity contribution in [2.24, 2.45) is 0 Å². The summed E-state index contributed by atoms with van der Waals surface area (Å²) in [6, 6.07) is 11.6. The zero-order valence-electron chi connectivity index (χ0n) is 13.6. The average Bonchev–Trinajstić information content (AvgIpc) is 3.05. The lowest BCUT2D eigenvalue weighted by molar-refractivity contribution is -0.384. The molecule has 4 aromatic rings. The van der Waals surface area contributed by atoms with Gasteiger partial charge in [-0.25, -0.2) is 9.78 Å². The largest absolute Gasteiger partial charge is 0.422 e. The number of hydrogen-bond acceptors (Lipinski definition) is 5. The van der Waals surface area contributed by atoms with E-state index in [1.54, 1.807) is 18.2 Å². The van der Waals surface area contributed by atoms with Gasteiger partial charge in [0.05, 0.1) is 16.0 Å². The quantitative estimate of drug-likeness (QED) is 0.260. The van der Waals surface area contributed by atoms with Crippen molar-refractivity contribution in [3.63, 3.8) is 0 Å². The number of allylic oxidation sites excluding steroid dienone is 1. The van der Waals surface area contributed by atoms with E-state index >= 15 is 0 Å². The van der Waals surface area contributed by atoms with Crippen molar-refractivity contribution in [1.82, 2.24) is 9.97 Å². The third kappa shape index (κ3) is 2.55. The Hall–Kier alpha value is -3.74. The third-order valence-electron chi connectivity index (χ3n) is 4.14. The maximum Gasteiger partial charge on any atom is 0.347 e. The Morgan fingerprint density at radius 1 is 1.27 bits per heavy atom. The van der Waals surface area contributed by atoms with Crippen molar-refractivity contribution in [3.8, 4) is 11.4 Å². The minimum absolute atomic E-state index is 0.0488. The summed E-state index contributed by atoms with van der Waals surface area (Å²) < 4.78 is 5.52. The summed E-state index contributed by atoms with van der Waals surface area (Å²) in [5.41, 5.74) is 2.11. The SMILES string of the molecule is C=CCc1cccc2cc(-c3nc4ccc([N+](=O)[O-])cc4[nH]3)c(=O)oc12. The zero-order chi connectivity index (χ0) is 18.3. The number of hydrogen-bond donors (Lipinski definition) is 1. The number of nitro groups is 1. The Labute approximate surface area is 146 Å². The van der Waals surface area contributed by atoms with Crippen LogP contribution >= 0.6 is 0 Å². The molecule has 0 aliphatic carbocycles. The van der Waals surface area contributed by atoms with E-state index in [-0.39, 0.29) is 11.3 Å². The number of nitro benzene ring substituents is 1. The van der Waals surface area contributed by atoms with Crippen LogP contribution in [0.25, 0.3) is 33.4 Å². The van der Waals surface area contributed by atoms with Gasteiger partial charge in [-0.15, -0.1) is 6.58 Å². The highest BCUT2D eigenvalue weighted by Gasteiger charge is 2.15. The summed E-state index contributed by atoms with van der Waals surface area (Å²) in [7, 11) is 0. The van der Waals surface area contributed by atoms with Crippen LogP contribution in [0.4, 0.5) is 5.69 Å². The van der Waals surface area contributed by atoms with Gasteiger partial charge in [-0.1, -0.05) is 24.3 Å². The van der Waals surface area contributed by atoms with E-state index in [1.165, 1.54) is 12.1 Å². The van der Waals surface area contributed by atoms with Crippen molar-refractivity contribution in [1.29, 1.82) is 0 Å². The summed E-state index contributed by atoms with van der Waals surface area (Å²) in [5, 5.41) is 11.7. The number of aromatic amines is 1. The summed E-state index contributed by atoms with van der Waals surface area (Å²) in [6.45, 7) is 3.71. The third-order valence-corrected chi connectivity index (χ3v) is 4.14. The van der Waals surface area contributed by atoms with Crippen LogP contribution in [0.2, 0.25) is 0 Å². The second-order valence-electron chi connectivity index (χ2n) is 5.82. The molecule has 0 fully saturated rings. The molecule has 0 atom stereocenters. The van der Waals surface area contributed by atoms with Gasteiger partial charge in [-0.2, -0.15) is 0 Å². The molecule has 7 heteroatoms. The van der Waals surface area contributed by atoms with E-state index in [2.05, 4.69) is 16.5 Å². The lowest BCUT2D eigenvalue weighted by atomic mass is 10.1. The van der Waals surface area contributed by atoms with Gasteiger partial charge in [0.25, 0.3) is 5.69 Å². The Kier molecular flexibility index (Phi) is 3.62. The molecule has 0 aliphatic rings. The van der Waals surface area contributed by atoms with E-state index < -0.39 is 10.5 Å². The normalized spacial score (nSPS) is 11.1. The minimum Gasteiger partial charge on any atom is -0.422 e. The van der Waals surface area contributed by atoms with Gasteiger partial charge in [0, 0.05) is 17.5 Å². The second kappa shape index (κ2) is 5.96. The first-order chi connectivity index (χ1) is 12.6. The number of fused-ring (bicyclic) bond motifs is 2. The molecule has 2 heterocycles. The number of non-ortho nitro benzene ring substituents is 1. The van der Waals surface area contributed by atoms with Crippen LogP contribution in [0.1, 0.15) is 5.56 Å². The van der Waals surface area contributed by atoms with Gasteiger partial charge in [0.15, 0.2) is 0 Å². The molecule has 4 rings (SSSR count). The standard InChI is InChI=1S/C19H13N3O4/c1-2-4-11-5-3-6-12-9-14(19(23)26-17(11)12)18-20-15-8-7-13(22(24)25)10-16(15)21-18/h2-3,5-10H,1,4H2,(H,20,21). The van der Waals surface area contributed by atoms with Crippen LogP contribution in [0.15, 0.2) is 64.3 Å². The van der Waals surface area contributed by atoms with Gasteiger partial charge in [-0.3, -0.25) is 10.1 Å². The van der Waals surface area contributed by atoms with Gasteiger partial charge < -0.3 is 9.40 Å². The number of para-hydroxylation sites is 1. The first-order valence-corrected chi connectivity index (χ1v) is 7.88. The minimum atomic E-state index is -0.525. The van der Waals surface area contributed by atoms with Crippen molar-refractivity contribution < 1.29 is 9.34 Å². The van der Waals surface area contributed by atoms with Crippen LogP contribution in [-0.2, 0) is 6.42 Å². The van der Waals surface area contributed by atoms with Gasteiger partial charge in [-0.05, 0) is 24.1 Å². The van der Waals surface area contributed by atoms with E-state index in [9.17, 15) is 14.9 Å². The number of nitrogens with zero attached hydrogens (tertiary/aromatic N) is 2. The van der Waals surface area contributed by atoms with Crippen molar-refractivity contribution in [2.45, 2.75) is 6.42 Å². The smallest absolute Gasteiger partial charge is 0.347 e. The van der Waals surface area contributed by atoms with E-state index in [4.69, 9.17) is 4.42 Å².